The first-order chi connectivity index (χ1) is 7.94. The van der Waals surface area contributed by atoms with Gasteiger partial charge in [0, 0.05) is 18.2 Å². The molecule has 17 heavy (non-hydrogen) atoms. The zero-order chi connectivity index (χ0) is 12.9. The normalized spacial score (nSPS) is 13.4. The molecular weight excluding hydrogens is 218 g/mol. The molecule has 1 atom stereocenters. The fourth-order valence-corrected chi connectivity index (χ4v) is 1.21. The lowest BCUT2D eigenvalue weighted by Crippen LogP contribution is -2.50. The molecule has 1 aromatic heterocycles. The highest BCUT2D eigenvalue weighted by atomic mass is 16.5. The molecule has 0 bridgehead atoms. The summed E-state index contributed by atoms with van der Waals surface area (Å²) >= 11 is 0. The van der Waals surface area contributed by atoms with Crippen molar-refractivity contribution in [3.63, 3.8) is 0 Å². The molecule has 0 aliphatic carbocycles. The lowest BCUT2D eigenvalue weighted by atomic mass is 10.0. The summed E-state index contributed by atoms with van der Waals surface area (Å²) in [4.78, 5) is 11.9. The Morgan fingerprint density at radius 3 is 2.82 bits per heavy atom. The average Bonchev–Trinajstić information content (AvgIpc) is 2.78. The SMILES string of the molecule is CCC(C)(C)NC(=O)C(C)NCc1ccon1. The molecule has 0 spiro atoms. The van der Waals surface area contributed by atoms with Crippen molar-refractivity contribution in [1.82, 2.24) is 15.8 Å². The lowest BCUT2D eigenvalue weighted by Gasteiger charge is -2.26. The van der Waals surface area contributed by atoms with Crippen molar-refractivity contribution in [3.05, 3.63) is 18.0 Å². The van der Waals surface area contributed by atoms with Crippen molar-refractivity contribution in [2.45, 2.75) is 52.2 Å². The molecule has 0 saturated carbocycles. The van der Waals surface area contributed by atoms with Gasteiger partial charge in [0.1, 0.15) is 6.26 Å². The number of rotatable bonds is 6. The number of nitrogens with zero attached hydrogens (tertiary/aromatic N) is 1. The number of nitrogens with one attached hydrogen (secondary N) is 2. The van der Waals surface area contributed by atoms with E-state index in [1.807, 2.05) is 27.7 Å². The van der Waals surface area contributed by atoms with Gasteiger partial charge >= 0.3 is 0 Å². The number of hydrogen-bond acceptors (Lipinski definition) is 4. The van der Waals surface area contributed by atoms with Gasteiger partial charge in [-0.3, -0.25) is 4.79 Å². The van der Waals surface area contributed by atoms with E-state index in [1.165, 1.54) is 6.26 Å². The van der Waals surface area contributed by atoms with Gasteiger partial charge in [0.05, 0.1) is 11.7 Å². The molecule has 5 nitrogen and oxygen atoms in total. The van der Waals surface area contributed by atoms with Crippen LogP contribution < -0.4 is 10.6 Å². The molecule has 1 aromatic rings. The number of hydrogen-bond donors (Lipinski definition) is 2. The van der Waals surface area contributed by atoms with Gasteiger partial charge in [-0.1, -0.05) is 12.1 Å². The number of carbonyl (C=O) groups excluding carboxylic acids is 1. The maximum absolute atomic E-state index is 11.9. The molecule has 96 valence electrons. The molecule has 5 heteroatoms. The summed E-state index contributed by atoms with van der Waals surface area (Å²) in [6.07, 6.45) is 2.41. The second-order valence-corrected chi connectivity index (χ2v) is 4.82. The number of carbonyl (C=O) groups is 1. The van der Waals surface area contributed by atoms with Gasteiger partial charge in [0.2, 0.25) is 5.91 Å². The van der Waals surface area contributed by atoms with Crippen LogP contribution in [0, 0.1) is 0 Å². The molecule has 0 radical (unpaired) electrons. The monoisotopic (exact) mass is 239 g/mol. The summed E-state index contributed by atoms with van der Waals surface area (Å²) in [5.74, 6) is 0.000319. The van der Waals surface area contributed by atoms with Gasteiger partial charge in [0.25, 0.3) is 0 Å². The first kappa shape index (κ1) is 13.7. The van der Waals surface area contributed by atoms with E-state index >= 15 is 0 Å². The predicted octanol–water partition coefficient (Wildman–Crippen LogP) is 1.46. The summed E-state index contributed by atoms with van der Waals surface area (Å²) < 4.78 is 4.71. The average molecular weight is 239 g/mol. The molecule has 0 fully saturated rings. The molecule has 0 saturated heterocycles. The fraction of sp³-hybridized carbons (Fsp3) is 0.667. The van der Waals surface area contributed by atoms with E-state index in [4.69, 9.17) is 4.52 Å². The van der Waals surface area contributed by atoms with E-state index in [-0.39, 0.29) is 17.5 Å². The van der Waals surface area contributed by atoms with Crippen molar-refractivity contribution in [2.24, 2.45) is 0 Å². The third kappa shape index (κ3) is 4.56. The Kier molecular flexibility index (Phi) is 4.69. The summed E-state index contributed by atoms with van der Waals surface area (Å²) in [6, 6.07) is 1.52. The van der Waals surface area contributed by atoms with Gasteiger partial charge in [0.15, 0.2) is 0 Å². The maximum Gasteiger partial charge on any atom is 0.237 e. The zero-order valence-electron chi connectivity index (χ0n) is 10.9. The van der Waals surface area contributed by atoms with E-state index < -0.39 is 0 Å². The Balaban J connectivity index is 2.37. The van der Waals surface area contributed by atoms with Gasteiger partial charge < -0.3 is 15.2 Å². The molecule has 0 aliphatic heterocycles. The minimum absolute atomic E-state index is 0.000319. The highest BCUT2D eigenvalue weighted by molar-refractivity contribution is 5.81. The van der Waals surface area contributed by atoms with Gasteiger partial charge in [-0.05, 0) is 27.2 Å². The Hall–Kier alpha value is -1.36. The molecule has 0 aromatic carbocycles. The predicted molar refractivity (Wildman–Crippen MR) is 65.3 cm³/mol. The fourth-order valence-electron chi connectivity index (χ4n) is 1.21. The van der Waals surface area contributed by atoms with Crippen molar-refractivity contribution in [1.29, 1.82) is 0 Å². The smallest absolute Gasteiger partial charge is 0.237 e. The minimum Gasteiger partial charge on any atom is -0.364 e. The van der Waals surface area contributed by atoms with Crippen LogP contribution in [0.2, 0.25) is 0 Å². The summed E-state index contributed by atoms with van der Waals surface area (Å²) in [7, 11) is 0. The first-order valence-corrected chi connectivity index (χ1v) is 5.89. The van der Waals surface area contributed by atoms with Crippen molar-refractivity contribution >= 4 is 5.91 Å². The third-order valence-electron chi connectivity index (χ3n) is 2.82. The minimum atomic E-state index is -0.252. The molecule has 0 aliphatic rings. The Labute approximate surface area is 102 Å². The van der Waals surface area contributed by atoms with Crippen LogP contribution in [-0.2, 0) is 11.3 Å². The molecule has 1 rings (SSSR count). The van der Waals surface area contributed by atoms with Gasteiger partial charge in [-0.15, -0.1) is 0 Å². The number of aromatic nitrogens is 1. The molecular formula is C12H21N3O2. The maximum atomic E-state index is 11.9. The van der Waals surface area contributed by atoms with Crippen LogP contribution in [0.4, 0.5) is 0 Å². The quantitative estimate of drug-likeness (QED) is 0.788. The second-order valence-electron chi connectivity index (χ2n) is 4.82. The molecule has 1 amide bonds. The van der Waals surface area contributed by atoms with E-state index in [9.17, 15) is 4.79 Å². The van der Waals surface area contributed by atoms with Crippen LogP contribution in [0.3, 0.4) is 0 Å². The second kappa shape index (κ2) is 5.82. The van der Waals surface area contributed by atoms with Crippen molar-refractivity contribution in [2.75, 3.05) is 0 Å². The van der Waals surface area contributed by atoms with E-state index in [1.54, 1.807) is 6.07 Å². The van der Waals surface area contributed by atoms with Gasteiger partial charge in [-0.25, -0.2) is 0 Å². The van der Waals surface area contributed by atoms with Crippen molar-refractivity contribution in [3.8, 4) is 0 Å². The summed E-state index contributed by atoms with van der Waals surface area (Å²) in [5, 5.41) is 9.86. The highest BCUT2D eigenvalue weighted by Crippen LogP contribution is 2.07. The Bertz CT molecular complexity index is 347. The standard InChI is InChI=1S/C12H21N3O2/c1-5-12(3,4)14-11(16)9(2)13-8-10-6-7-17-15-10/h6-7,9,13H,5,8H2,1-4H3,(H,14,16). The van der Waals surface area contributed by atoms with Crippen LogP contribution in [0.5, 0.6) is 0 Å². The largest absolute Gasteiger partial charge is 0.364 e. The zero-order valence-corrected chi connectivity index (χ0v) is 10.9. The van der Waals surface area contributed by atoms with Crippen LogP contribution in [-0.4, -0.2) is 22.6 Å². The first-order valence-electron chi connectivity index (χ1n) is 5.89. The van der Waals surface area contributed by atoms with Crippen LogP contribution in [0.1, 0.15) is 39.8 Å². The topological polar surface area (TPSA) is 67.2 Å². The lowest BCUT2D eigenvalue weighted by molar-refractivity contribution is -0.124. The van der Waals surface area contributed by atoms with E-state index in [2.05, 4.69) is 15.8 Å². The van der Waals surface area contributed by atoms with Crippen molar-refractivity contribution < 1.29 is 9.32 Å². The van der Waals surface area contributed by atoms with E-state index in [0.717, 1.165) is 12.1 Å². The Morgan fingerprint density at radius 2 is 2.29 bits per heavy atom. The third-order valence-corrected chi connectivity index (χ3v) is 2.82. The Morgan fingerprint density at radius 1 is 1.59 bits per heavy atom. The molecule has 1 heterocycles. The van der Waals surface area contributed by atoms with E-state index in [0.29, 0.717) is 6.54 Å². The summed E-state index contributed by atoms with van der Waals surface area (Å²) in [6.45, 7) is 8.43. The molecule has 2 N–H and O–H groups in total. The number of amides is 1. The van der Waals surface area contributed by atoms with Crippen LogP contribution in [0.25, 0.3) is 0 Å². The molecule has 1 unspecified atom stereocenters. The summed E-state index contributed by atoms with van der Waals surface area (Å²) in [5.41, 5.74) is 0.625. The van der Waals surface area contributed by atoms with Gasteiger partial charge in [-0.2, -0.15) is 0 Å². The highest BCUT2D eigenvalue weighted by Gasteiger charge is 2.21. The van der Waals surface area contributed by atoms with Crippen LogP contribution in [0.15, 0.2) is 16.9 Å². The van der Waals surface area contributed by atoms with Crippen LogP contribution >= 0.6 is 0 Å².